The van der Waals surface area contributed by atoms with Crippen LogP contribution in [0.5, 0.6) is 0 Å². The first-order valence-corrected chi connectivity index (χ1v) is 13.1. The zero-order valence-electron chi connectivity index (χ0n) is 19.9. The van der Waals surface area contributed by atoms with Crippen molar-refractivity contribution < 1.29 is 10.2 Å². The maximum Gasteiger partial charge on any atom is 0.168 e. The lowest BCUT2D eigenvalue weighted by Crippen LogP contribution is -2.63. The highest BCUT2D eigenvalue weighted by molar-refractivity contribution is 5.12. The molecule has 4 aliphatic carbocycles. The van der Waals surface area contributed by atoms with Crippen LogP contribution in [0.25, 0.3) is 0 Å². The normalized spacial score (nSPS) is 47.4. The van der Waals surface area contributed by atoms with E-state index in [0.29, 0.717) is 23.7 Å². The molecule has 1 unspecified atom stereocenters. The van der Waals surface area contributed by atoms with Gasteiger partial charge < -0.3 is 10.2 Å². The number of hydrogen-bond donors (Lipinski definition) is 2. The number of fused-ring (bicyclic) bond motifs is 5. The molecule has 4 aliphatic rings. The molecule has 2 heteroatoms. The molecule has 0 spiro atoms. The first-order chi connectivity index (χ1) is 13.6. The van der Waals surface area contributed by atoms with Gasteiger partial charge in [0.1, 0.15) is 0 Å². The maximum absolute atomic E-state index is 11.1. The van der Waals surface area contributed by atoms with E-state index in [1.807, 2.05) is 0 Å². The van der Waals surface area contributed by atoms with E-state index >= 15 is 0 Å². The smallest absolute Gasteiger partial charge is 0.168 e. The molecule has 4 rings (SSSR count). The van der Waals surface area contributed by atoms with E-state index in [4.69, 9.17) is 0 Å². The van der Waals surface area contributed by atoms with Crippen LogP contribution in [-0.2, 0) is 0 Å². The molecule has 0 aromatic heterocycles. The third-order valence-corrected chi connectivity index (χ3v) is 11.0. The van der Waals surface area contributed by atoms with Gasteiger partial charge in [-0.25, -0.2) is 0 Å². The molecule has 0 aliphatic heterocycles. The molecule has 8 atom stereocenters. The van der Waals surface area contributed by atoms with Crippen LogP contribution >= 0.6 is 0 Å². The fourth-order valence-electron chi connectivity index (χ4n) is 9.39. The molecule has 0 heterocycles. The van der Waals surface area contributed by atoms with Gasteiger partial charge in [0.25, 0.3) is 0 Å². The van der Waals surface area contributed by atoms with E-state index in [1.165, 1.54) is 64.2 Å². The van der Waals surface area contributed by atoms with E-state index < -0.39 is 5.79 Å². The van der Waals surface area contributed by atoms with Gasteiger partial charge in [-0.3, -0.25) is 0 Å². The van der Waals surface area contributed by atoms with Gasteiger partial charge in [-0.1, -0.05) is 53.9 Å². The molecular formula is C27H48O2. The number of aliphatic hydroxyl groups is 2. The van der Waals surface area contributed by atoms with Gasteiger partial charge in [-0.05, 0) is 98.2 Å². The van der Waals surface area contributed by atoms with E-state index in [0.717, 1.165) is 36.0 Å². The summed E-state index contributed by atoms with van der Waals surface area (Å²) in [6.45, 7) is 12.1. The summed E-state index contributed by atoms with van der Waals surface area (Å²) in [5.74, 6) is 3.67. The van der Waals surface area contributed by atoms with Gasteiger partial charge in [0.05, 0.1) is 0 Å². The minimum Gasteiger partial charge on any atom is -0.365 e. The number of hydrogen-bond acceptors (Lipinski definition) is 2. The Morgan fingerprint density at radius 3 is 2.31 bits per heavy atom. The van der Waals surface area contributed by atoms with Crippen molar-refractivity contribution in [2.24, 2.45) is 52.3 Å². The summed E-state index contributed by atoms with van der Waals surface area (Å²) >= 11 is 0. The zero-order chi connectivity index (χ0) is 21.0. The Labute approximate surface area is 180 Å². The van der Waals surface area contributed by atoms with Gasteiger partial charge in [0, 0.05) is 11.8 Å². The van der Waals surface area contributed by atoms with Crippen molar-refractivity contribution in [2.75, 3.05) is 0 Å². The second-order valence-electron chi connectivity index (χ2n) is 12.7. The van der Waals surface area contributed by atoms with Gasteiger partial charge in [-0.2, -0.15) is 0 Å². The lowest BCUT2D eigenvalue weighted by atomic mass is 9.43. The Morgan fingerprint density at radius 2 is 1.59 bits per heavy atom. The van der Waals surface area contributed by atoms with Gasteiger partial charge in [0.15, 0.2) is 5.79 Å². The molecule has 2 nitrogen and oxygen atoms in total. The molecule has 0 saturated heterocycles. The summed E-state index contributed by atoms with van der Waals surface area (Å²) in [7, 11) is 0. The van der Waals surface area contributed by atoms with Crippen LogP contribution in [-0.4, -0.2) is 16.0 Å². The zero-order valence-corrected chi connectivity index (χ0v) is 19.9. The summed E-state index contributed by atoms with van der Waals surface area (Å²) in [6, 6.07) is 0. The average Bonchev–Trinajstić information content (AvgIpc) is 2.99. The van der Waals surface area contributed by atoms with Crippen molar-refractivity contribution in [3.63, 3.8) is 0 Å². The Kier molecular flexibility index (Phi) is 5.95. The topological polar surface area (TPSA) is 40.5 Å². The van der Waals surface area contributed by atoms with E-state index in [1.54, 1.807) is 0 Å². The second kappa shape index (κ2) is 7.80. The standard InChI is InChI=1S/C27H48O2/c1-18(2)8-6-9-19(3)22-13-14-23-21-12-11-20-10-7-16-27(28,29)26(20,5)24(21)15-17-25(22,23)4/h18-24,28-29H,6-17H2,1-5H3/t19-,20?,21+,22-,23+,24+,25-,26+/m1/s1. The summed E-state index contributed by atoms with van der Waals surface area (Å²) in [5, 5.41) is 22.2. The minimum atomic E-state index is -1.45. The quantitative estimate of drug-likeness (QED) is 0.495. The van der Waals surface area contributed by atoms with Gasteiger partial charge in [-0.15, -0.1) is 0 Å². The largest absolute Gasteiger partial charge is 0.365 e. The molecule has 4 fully saturated rings. The molecule has 0 radical (unpaired) electrons. The second-order valence-corrected chi connectivity index (χ2v) is 12.7. The highest BCUT2D eigenvalue weighted by atomic mass is 16.5. The molecule has 168 valence electrons. The molecule has 29 heavy (non-hydrogen) atoms. The predicted octanol–water partition coefficient (Wildman–Crippen LogP) is 6.79. The van der Waals surface area contributed by atoms with Crippen LogP contribution in [0.4, 0.5) is 0 Å². The highest BCUT2D eigenvalue weighted by Crippen LogP contribution is 2.69. The van der Waals surface area contributed by atoms with Crippen LogP contribution in [0.15, 0.2) is 0 Å². The summed E-state index contributed by atoms with van der Waals surface area (Å²) < 4.78 is 0. The van der Waals surface area contributed by atoms with Crippen molar-refractivity contribution >= 4 is 0 Å². The Balaban J connectivity index is 1.51. The van der Waals surface area contributed by atoms with Gasteiger partial charge >= 0.3 is 0 Å². The Hall–Kier alpha value is -0.0800. The van der Waals surface area contributed by atoms with Crippen molar-refractivity contribution in [1.29, 1.82) is 0 Å². The molecule has 4 saturated carbocycles. The Bertz CT molecular complexity index is 583. The lowest BCUT2D eigenvalue weighted by molar-refractivity contribution is -0.313. The fourth-order valence-corrected chi connectivity index (χ4v) is 9.39. The average molecular weight is 405 g/mol. The summed E-state index contributed by atoms with van der Waals surface area (Å²) in [4.78, 5) is 0. The van der Waals surface area contributed by atoms with Crippen LogP contribution in [0, 0.1) is 52.3 Å². The summed E-state index contributed by atoms with van der Waals surface area (Å²) in [6.07, 6.45) is 14.9. The Morgan fingerprint density at radius 1 is 0.828 bits per heavy atom. The van der Waals surface area contributed by atoms with E-state index in [-0.39, 0.29) is 5.41 Å². The van der Waals surface area contributed by atoms with Gasteiger partial charge in [0.2, 0.25) is 0 Å². The maximum atomic E-state index is 11.1. The highest BCUT2D eigenvalue weighted by Gasteiger charge is 2.65. The first-order valence-electron chi connectivity index (χ1n) is 13.1. The monoisotopic (exact) mass is 404 g/mol. The molecule has 0 bridgehead atoms. The molecule has 0 aromatic carbocycles. The lowest BCUT2D eigenvalue weighted by Gasteiger charge is -2.63. The van der Waals surface area contributed by atoms with Crippen molar-refractivity contribution in [3.8, 4) is 0 Å². The molecule has 0 amide bonds. The van der Waals surface area contributed by atoms with Crippen molar-refractivity contribution in [1.82, 2.24) is 0 Å². The van der Waals surface area contributed by atoms with Crippen molar-refractivity contribution in [2.45, 2.75) is 117 Å². The SMILES string of the molecule is CC(C)CCC[C@@H](C)[C@H]1CC[C@H]2[C@@H]3CCC4CCCC(O)(O)[C@]4(C)[C@H]3CC[C@]12C. The molecular weight excluding hydrogens is 356 g/mol. The first kappa shape index (κ1) is 22.1. The van der Waals surface area contributed by atoms with Crippen LogP contribution in [0.2, 0.25) is 0 Å². The fraction of sp³-hybridized carbons (Fsp3) is 1.00. The summed E-state index contributed by atoms with van der Waals surface area (Å²) in [5.41, 5.74) is 0.209. The van der Waals surface area contributed by atoms with Crippen LogP contribution < -0.4 is 0 Å². The minimum absolute atomic E-state index is 0.281. The van der Waals surface area contributed by atoms with E-state index in [2.05, 4.69) is 34.6 Å². The van der Waals surface area contributed by atoms with Crippen molar-refractivity contribution in [3.05, 3.63) is 0 Å². The number of rotatable bonds is 5. The van der Waals surface area contributed by atoms with Crippen LogP contribution in [0.3, 0.4) is 0 Å². The van der Waals surface area contributed by atoms with E-state index in [9.17, 15) is 10.2 Å². The predicted molar refractivity (Wildman–Crippen MR) is 120 cm³/mol. The molecule has 0 aromatic rings. The third kappa shape index (κ3) is 3.43. The van der Waals surface area contributed by atoms with Crippen LogP contribution in [0.1, 0.15) is 112 Å². The third-order valence-electron chi connectivity index (χ3n) is 11.0. The molecule has 2 N–H and O–H groups in total.